The molecular formula is C22H26N2O2. The van der Waals surface area contributed by atoms with Gasteiger partial charge in [-0.05, 0) is 54.3 Å². The van der Waals surface area contributed by atoms with Crippen molar-refractivity contribution in [2.45, 2.75) is 32.2 Å². The fourth-order valence-electron chi connectivity index (χ4n) is 3.71. The predicted octanol–water partition coefficient (Wildman–Crippen LogP) is 4.59. The monoisotopic (exact) mass is 350 g/mol. The van der Waals surface area contributed by atoms with Crippen LogP contribution < -0.4 is 14.8 Å². The number of aromatic amines is 1. The Morgan fingerprint density at radius 1 is 1.08 bits per heavy atom. The maximum atomic E-state index is 5.79. The van der Waals surface area contributed by atoms with Crippen LogP contribution in [0.3, 0.4) is 0 Å². The molecule has 26 heavy (non-hydrogen) atoms. The van der Waals surface area contributed by atoms with Crippen LogP contribution in [0.2, 0.25) is 0 Å². The Hall–Kier alpha value is -2.46. The van der Waals surface area contributed by atoms with Crippen molar-refractivity contribution >= 4 is 10.9 Å². The number of benzene rings is 2. The van der Waals surface area contributed by atoms with E-state index in [-0.39, 0.29) is 6.04 Å². The summed E-state index contributed by atoms with van der Waals surface area (Å²) in [6.07, 6.45) is 3.27. The standard InChI is InChI=1S/C22H26N2O2/c1-3-4-13-26-16-7-5-15(6-8-16)21-22-18(11-12-23-21)19-14-17(25-2)9-10-20(19)24-22/h5-10,14,21,23-24H,3-4,11-13H2,1-2H3. The lowest BCUT2D eigenvalue weighted by molar-refractivity contribution is 0.309. The molecule has 2 aromatic carbocycles. The lowest BCUT2D eigenvalue weighted by Crippen LogP contribution is -2.30. The highest BCUT2D eigenvalue weighted by atomic mass is 16.5. The average Bonchev–Trinajstić information content (AvgIpc) is 3.06. The quantitative estimate of drug-likeness (QED) is 0.639. The number of aromatic nitrogens is 1. The first-order chi connectivity index (χ1) is 12.8. The summed E-state index contributed by atoms with van der Waals surface area (Å²) < 4.78 is 11.2. The lowest BCUT2D eigenvalue weighted by Gasteiger charge is -2.25. The molecule has 4 nitrogen and oxygen atoms in total. The Kier molecular flexibility index (Phi) is 4.85. The number of fused-ring (bicyclic) bond motifs is 3. The third-order valence-corrected chi connectivity index (χ3v) is 5.14. The molecule has 0 saturated heterocycles. The smallest absolute Gasteiger partial charge is 0.119 e. The second-order valence-corrected chi connectivity index (χ2v) is 6.84. The summed E-state index contributed by atoms with van der Waals surface area (Å²) in [5, 5.41) is 4.92. The van der Waals surface area contributed by atoms with Gasteiger partial charge in [0.15, 0.2) is 0 Å². The summed E-state index contributed by atoms with van der Waals surface area (Å²) in [6.45, 7) is 3.93. The van der Waals surface area contributed by atoms with E-state index in [2.05, 4.69) is 53.6 Å². The highest BCUT2D eigenvalue weighted by Gasteiger charge is 2.25. The van der Waals surface area contributed by atoms with E-state index < -0.39 is 0 Å². The molecule has 3 aromatic rings. The van der Waals surface area contributed by atoms with E-state index in [1.165, 1.54) is 27.7 Å². The minimum absolute atomic E-state index is 0.182. The molecule has 1 aromatic heterocycles. The Labute approximate surface area is 154 Å². The molecule has 1 aliphatic rings. The Bertz CT molecular complexity index is 883. The highest BCUT2D eigenvalue weighted by Crippen LogP contribution is 2.35. The van der Waals surface area contributed by atoms with Gasteiger partial charge in [0.25, 0.3) is 0 Å². The zero-order valence-corrected chi connectivity index (χ0v) is 15.5. The van der Waals surface area contributed by atoms with Crippen LogP contribution in [0.4, 0.5) is 0 Å². The van der Waals surface area contributed by atoms with E-state index in [9.17, 15) is 0 Å². The lowest BCUT2D eigenvalue weighted by atomic mass is 9.94. The number of methoxy groups -OCH3 is 1. The van der Waals surface area contributed by atoms with Crippen molar-refractivity contribution in [3.05, 3.63) is 59.3 Å². The number of ether oxygens (including phenoxy) is 2. The van der Waals surface area contributed by atoms with Crippen LogP contribution in [-0.4, -0.2) is 25.2 Å². The van der Waals surface area contributed by atoms with Crippen LogP contribution in [0.15, 0.2) is 42.5 Å². The Morgan fingerprint density at radius 3 is 2.65 bits per heavy atom. The first-order valence-electron chi connectivity index (χ1n) is 9.44. The Balaban J connectivity index is 1.63. The molecule has 0 saturated carbocycles. The zero-order chi connectivity index (χ0) is 17.9. The molecule has 2 heterocycles. The summed E-state index contributed by atoms with van der Waals surface area (Å²) in [6, 6.07) is 14.9. The molecule has 0 bridgehead atoms. The van der Waals surface area contributed by atoms with Crippen LogP contribution in [0, 0.1) is 0 Å². The SMILES string of the molecule is CCCCOc1ccc(C2NCCc3c2[nH]c2ccc(OC)cc32)cc1. The normalized spacial score (nSPS) is 16.5. The number of hydrogen-bond acceptors (Lipinski definition) is 3. The van der Waals surface area contributed by atoms with Gasteiger partial charge in [-0.1, -0.05) is 25.5 Å². The summed E-state index contributed by atoms with van der Waals surface area (Å²) in [5.74, 6) is 1.85. The van der Waals surface area contributed by atoms with E-state index in [1.54, 1.807) is 7.11 Å². The maximum Gasteiger partial charge on any atom is 0.119 e. The average molecular weight is 350 g/mol. The predicted molar refractivity (Wildman–Crippen MR) is 105 cm³/mol. The van der Waals surface area contributed by atoms with Crippen LogP contribution in [-0.2, 0) is 6.42 Å². The molecule has 1 unspecified atom stereocenters. The fraction of sp³-hybridized carbons (Fsp3) is 0.364. The van der Waals surface area contributed by atoms with Gasteiger partial charge < -0.3 is 19.8 Å². The number of hydrogen-bond donors (Lipinski definition) is 2. The maximum absolute atomic E-state index is 5.79. The number of unbranched alkanes of at least 4 members (excludes halogenated alkanes) is 1. The number of nitrogens with one attached hydrogen (secondary N) is 2. The summed E-state index contributed by atoms with van der Waals surface area (Å²) in [7, 11) is 1.72. The third kappa shape index (κ3) is 3.17. The molecule has 4 rings (SSSR count). The first-order valence-corrected chi connectivity index (χ1v) is 9.44. The van der Waals surface area contributed by atoms with E-state index in [1.807, 2.05) is 6.07 Å². The largest absolute Gasteiger partial charge is 0.497 e. The summed E-state index contributed by atoms with van der Waals surface area (Å²) in [4.78, 5) is 3.62. The van der Waals surface area contributed by atoms with Crippen molar-refractivity contribution in [2.75, 3.05) is 20.3 Å². The molecule has 0 spiro atoms. The molecule has 0 amide bonds. The second-order valence-electron chi connectivity index (χ2n) is 6.84. The van der Waals surface area contributed by atoms with E-state index >= 15 is 0 Å². The van der Waals surface area contributed by atoms with Gasteiger partial charge in [0, 0.05) is 23.1 Å². The van der Waals surface area contributed by atoms with Gasteiger partial charge in [0.1, 0.15) is 11.5 Å². The molecule has 1 aliphatic heterocycles. The molecule has 136 valence electrons. The van der Waals surface area contributed by atoms with Crippen molar-refractivity contribution in [1.29, 1.82) is 0 Å². The molecule has 0 radical (unpaired) electrons. The van der Waals surface area contributed by atoms with Crippen LogP contribution in [0.5, 0.6) is 11.5 Å². The van der Waals surface area contributed by atoms with E-state index in [4.69, 9.17) is 9.47 Å². The Morgan fingerprint density at radius 2 is 1.88 bits per heavy atom. The first kappa shape index (κ1) is 17.0. The van der Waals surface area contributed by atoms with E-state index in [0.29, 0.717) is 0 Å². The van der Waals surface area contributed by atoms with Crippen molar-refractivity contribution in [3.63, 3.8) is 0 Å². The van der Waals surface area contributed by atoms with Gasteiger partial charge in [-0.25, -0.2) is 0 Å². The van der Waals surface area contributed by atoms with Gasteiger partial charge in [-0.15, -0.1) is 0 Å². The fourth-order valence-corrected chi connectivity index (χ4v) is 3.71. The second kappa shape index (κ2) is 7.42. The van der Waals surface area contributed by atoms with Gasteiger partial charge in [0.2, 0.25) is 0 Å². The van der Waals surface area contributed by atoms with Gasteiger partial charge in [-0.2, -0.15) is 0 Å². The molecule has 4 heteroatoms. The molecule has 2 N–H and O–H groups in total. The van der Waals surface area contributed by atoms with Crippen molar-refractivity contribution in [2.24, 2.45) is 0 Å². The molecular weight excluding hydrogens is 324 g/mol. The van der Waals surface area contributed by atoms with Crippen molar-refractivity contribution in [1.82, 2.24) is 10.3 Å². The third-order valence-electron chi connectivity index (χ3n) is 5.14. The summed E-state index contributed by atoms with van der Waals surface area (Å²) in [5.41, 5.74) is 5.08. The van der Waals surface area contributed by atoms with Crippen LogP contribution in [0.25, 0.3) is 10.9 Å². The molecule has 0 aliphatic carbocycles. The van der Waals surface area contributed by atoms with Gasteiger partial charge in [0.05, 0.1) is 19.8 Å². The van der Waals surface area contributed by atoms with Crippen LogP contribution in [0.1, 0.15) is 42.6 Å². The highest BCUT2D eigenvalue weighted by molar-refractivity contribution is 5.86. The van der Waals surface area contributed by atoms with Gasteiger partial charge in [-0.3, -0.25) is 0 Å². The minimum atomic E-state index is 0.182. The molecule has 0 fully saturated rings. The van der Waals surface area contributed by atoms with Gasteiger partial charge >= 0.3 is 0 Å². The minimum Gasteiger partial charge on any atom is -0.497 e. The topological polar surface area (TPSA) is 46.3 Å². The van der Waals surface area contributed by atoms with Crippen LogP contribution >= 0.6 is 0 Å². The van der Waals surface area contributed by atoms with Crippen molar-refractivity contribution < 1.29 is 9.47 Å². The number of H-pyrrole nitrogens is 1. The van der Waals surface area contributed by atoms with Crippen molar-refractivity contribution in [3.8, 4) is 11.5 Å². The zero-order valence-electron chi connectivity index (χ0n) is 15.5. The number of rotatable bonds is 6. The van der Waals surface area contributed by atoms with E-state index in [0.717, 1.165) is 43.9 Å². The summed E-state index contributed by atoms with van der Waals surface area (Å²) >= 11 is 0. The molecule has 1 atom stereocenters.